The number of aliphatic hydroxyl groups excluding tert-OH is 1. The average Bonchev–Trinajstić information content (AvgIpc) is 2.78. The van der Waals surface area contributed by atoms with Crippen LogP contribution < -0.4 is 10.2 Å². The van der Waals surface area contributed by atoms with Gasteiger partial charge in [-0.15, -0.1) is 0 Å². The van der Waals surface area contributed by atoms with E-state index in [0.717, 1.165) is 28.9 Å². The molecule has 0 bridgehead atoms. The Morgan fingerprint density at radius 2 is 1.93 bits per heavy atom. The van der Waals surface area contributed by atoms with E-state index in [1.165, 1.54) is 6.20 Å². The number of aryl methyl sites for hydroxylation is 1. The summed E-state index contributed by atoms with van der Waals surface area (Å²) in [5.41, 5.74) is 3.22. The number of H-pyrrole nitrogens is 1. The van der Waals surface area contributed by atoms with Crippen molar-refractivity contribution in [1.29, 1.82) is 0 Å². The molecule has 6 heteroatoms. The van der Waals surface area contributed by atoms with Gasteiger partial charge >= 0.3 is 5.97 Å². The molecule has 0 saturated carbocycles. The lowest BCUT2D eigenvalue weighted by atomic mass is 9.92. The van der Waals surface area contributed by atoms with Gasteiger partial charge in [-0.05, 0) is 36.5 Å². The second-order valence-electron chi connectivity index (χ2n) is 7.31. The number of hydrogen-bond donors (Lipinski definition) is 2. The molecule has 1 aliphatic carbocycles. The number of fused-ring (bicyclic) bond motifs is 1. The van der Waals surface area contributed by atoms with Crippen LogP contribution in [0.15, 0.2) is 59.5 Å². The van der Waals surface area contributed by atoms with Crippen LogP contribution >= 0.6 is 0 Å². The molecule has 30 heavy (non-hydrogen) atoms. The van der Waals surface area contributed by atoms with Crippen molar-refractivity contribution in [3.63, 3.8) is 0 Å². The number of methoxy groups -OCH3 is 1. The fourth-order valence-electron chi connectivity index (χ4n) is 3.80. The molecular weight excluding hydrogens is 382 g/mol. The van der Waals surface area contributed by atoms with Crippen LogP contribution in [0.4, 0.5) is 0 Å². The summed E-state index contributed by atoms with van der Waals surface area (Å²) in [6, 6.07) is 15.3. The lowest BCUT2D eigenvalue weighted by molar-refractivity contribution is 0.0470. The van der Waals surface area contributed by atoms with Crippen LogP contribution in [0.2, 0.25) is 0 Å². The molecule has 0 amide bonds. The third kappa shape index (κ3) is 3.86. The van der Waals surface area contributed by atoms with Gasteiger partial charge in [-0.25, -0.2) is 4.79 Å². The Kier molecular flexibility index (Phi) is 5.68. The minimum absolute atomic E-state index is 0.0458. The quantitative estimate of drug-likeness (QED) is 0.631. The summed E-state index contributed by atoms with van der Waals surface area (Å²) < 4.78 is 10.7. The second-order valence-corrected chi connectivity index (χ2v) is 7.31. The molecule has 2 aromatic carbocycles. The first kappa shape index (κ1) is 19.9. The van der Waals surface area contributed by atoms with Crippen LogP contribution in [0.25, 0.3) is 11.1 Å². The number of pyridine rings is 1. The molecular formula is C24H23NO5. The molecule has 0 aliphatic heterocycles. The summed E-state index contributed by atoms with van der Waals surface area (Å²) in [4.78, 5) is 28.1. The predicted octanol–water partition coefficient (Wildman–Crippen LogP) is 3.78. The summed E-state index contributed by atoms with van der Waals surface area (Å²) in [5, 5.41) is 10.1. The number of carbonyl (C=O) groups excluding carboxylic acids is 1. The fraction of sp³-hybridized carbons (Fsp3) is 0.250. The number of aliphatic hydroxyl groups is 1. The smallest absolute Gasteiger partial charge is 0.343 e. The van der Waals surface area contributed by atoms with Crippen LogP contribution in [-0.2, 0) is 17.8 Å². The normalized spacial score (nSPS) is 15.3. The molecule has 154 valence electrons. The van der Waals surface area contributed by atoms with Gasteiger partial charge in [-0.1, -0.05) is 42.5 Å². The highest BCUT2D eigenvalue weighted by molar-refractivity contribution is 5.89. The van der Waals surface area contributed by atoms with Crippen LogP contribution in [0, 0.1) is 0 Å². The van der Waals surface area contributed by atoms with Crippen molar-refractivity contribution < 1.29 is 19.4 Å². The number of rotatable bonds is 5. The van der Waals surface area contributed by atoms with Gasteiger partial charge in [-0.2, -0.15) is 0 Å². The number of ether oxygens (including phenoxy) is 2. The van der Waals surface area contributed by atoms with Crippen LogP contribution in [0.5, 0.6) is 5.75 Å². The van der Waals surface area contributed by atoms with Crippen molar-refractivity contribution in [2.24, 2.45) is 0 Å². The number of carbonyl (C=O) groups is 1. The fourth-order valence-corrected chi connectivity index (χ4v) is 3.80. The molecule has 1 aromatic heterocycles. The van der Waals surface area contributed by atoms with E-state index in [1.807, 2.05) is 48.5 Å². The summed E-state index contributed by atoms with van der Waals surface area (Å²) in [5.74, 6) is 0.0797. The van der Waals surface area contributed by atoms with E-state index < -0.39 is 17.5 Å². The molecule has 0 radical (unpaired) electrons. The van der Waals surface area contributed by atoms with Crippen molar-refractivity contribution in [2.45, 2.75) is 32.0 Å². The second kappa shape index (κ2) is 8.55. The van der Waals surface area contributed by atoms with Crippen LogP contribution in [0.3, 0.4) is 0 Å². The lowest BCUT2D eigenvalue weighted by Gasteiger charge is -2.20. The van der Waals surface area contributed by atoms with E-state index in [4.69, 9.17) is 9.47 Å². The highest BCUT2D eigenvalue weighted by atomic mass is 16.5. The first-order chi connectivity index (χ1) is 14.6. The van der Waals surface area contributed by atoms with Crippen molar-refractivity contribution in [3.8, 4) is 16.9 Å². The first-order valence-electron chi connectivity index (χ1n) is 9.90. The Bertz CT molecular complexity index is 1120. The number of hydrogen-bond acceptors (Lipinski definition) is 5. The van der Waals surface area contributed by atoms with Crippen LogP contribution in [-0.4, -0.2) is 23.2 Å². The summed E-state index contributed by atoms with van der Waals surface area (Å²) >= 11 is 0. The number of nitrogens with one attached hydrogen (secondary N) is 1. The number of para-hydroxylation sites is 1. The van der Waals surface area contributed by atoms with Crippen LogP contribution in [0.1, 0.15) is 46.1 Å². The minimum Gasteiger partial charge on any atom is -0.496 e. The van der Waals surface area contributed by atoms with E-state index in [9.17, 15) is 14.7 Å². The van der Waals surface area contributed by atoms with Gasteiger partial charge in [0.05, 0.1) is 13.2 Å². The molecule has 0 saturated heterocycles. The Morgan fingerprint density at radius 3 is 2.70 bits per heavy atom. The van der Waals surface area contributed by atoms with Gasteiger partial charge in [0.25, 0.3) is 0 Å². The number of esters is 1. The Hall–Kier alpha value is -3.38. The first-order valence-corrected chi connectivity index (χ1v) is 9.90. The largest absolute Gasteiger partial charge is 0.496 e. The van der Waals surface area contributed by atoms with Crippen molar-refractivity contribution in [1.82, 2.24) is 4.98 Å². The van der Waals surface area contributed by atoms with Gasteiger partial charge in [0.15, 0.2) is 0 Å². The molecule has 0 spiro atoms. The van der Waals surface area contributed by atoms with Gasteiger partial charge in [-0.3, -0.25) is 4.79 Å². The zero-order chi connectivity index (χ0) is 21.1. The third-order valence-corrected chi connectivity index (χ3v) is 5.40. The van der Waals surface area contributed by atoms with Crippen molar-refractivity contribution in [3.05, 3.63) is 87.3 Å². The Morgan fingerprint density at radius 1 is 1.17 bits per heavy atom. The SMILES string of the molecule is COc1ccccc1-c1ccc(COC(=O)c2c[nH]c3c(c2=O)C(O)CCC3)cc1. The van der Waals surface area contributed by atoms with Crippen molar-refractivity contribution >= 4 is 5.97 Å². The minimum atomic E-state index is -0.840. The molecule has 2 N–H and O–H groups in total. The molecule has 6 nitrogen and oxygen atoms in total. The van der Waals surface area contributed by atoms with Gasteiger partial charge in [0, 0.05) is 23.0 Å². The molecule has 0 fully saturated rings. The van der Waals surface area contributed by atoms with E-state index in [-0.39, 0.29) is 17.7 Å². The number of aromatic amines is 1. The predicted molar refractivity (Wildman–Crippen MR) is 113 cm³/mol. The molecule has 1 heterocycles. The average molecular weight is 405 g/mol. The van der Waals surface area contributed by atoms with E-state index >= 15 is 0 Å². The highest BCUT2D eigenvalue weighted by Crippen LogP contribution is 2.30. The topological polar surface area (TPSA) is 88.6 Å². The van der Waals surface area contributed by atoms with E-state index in [2.05, 4.69) is 4.98 Å². The molecule has 1 atom stereocenters. The maximum atomic E-state index is 12.6. The van der Waals surface area contributed by atoms with Gasteiger partial charge < -0.3 is 19.6 Å². The Labute approximate surface area is 174 Å². The molecule has 4 rings (SSSR count). The number of benzene rings is 2. The highest BCUT2D eigenvalue weighted by Gasteiger charge is 2.25. The lowest BCUT2D eigenvalue weighted by Crippen LogP contribution is -2.27. The zero-order valence-electron chi connectivity index (χ0n) is 16.7. The monoisotopic (exact) mass is 405 g/mol. The third-order valence-electron chi connectivity index (χ3n) is 5.40. The van der Waals surface area contributed by atoms with E-state index in [0.29, 0.717) is 18.5 Å². The molecule has 1 aliphatic rings. The maximum absolute atomic E-state index is 12.6. The molecule has 3 aromatic rings. The summed E-state index contributed by atoms with van der Waals surface area (Å²) in [6.45, 7) is 0.0458. The standard InChI is InChI=1S/C24H23NO5/c1-29-21-8-3-2-5-17(21)16-11-9-15(10-12-16)14-30-24(28)18-13-25-19-6-4-7-20(26)22(19)23(18)27/h2-3,5,8-13,20,26H,4,6-7,14H2,1H3,(H,25,27). The Balaban J connectivity index is 1.47. The van der Waals surface area contributed by atoms with Gasteiger partial charge in [0.1, 0.15) is 17.9 Å². The zero-order valence-corrected chi connectivity index (χ0v) is 16.7. The van der Waals surface area contributed by atoms with E-state index in [1.54, 1.807) is 7.11 Å². The van der Waals surface area contributed by atoms with Crippen molar-refractivity contribution in [2.75, 3.05) is 7.11 Å². The molecule has 1 unspecified atom stereocenters. The van der Waals surface area contributed by atoms with Gasteiger partial charge in [0.2, 0.25) is 5.43 Å². The summed E-state index contributed by atoms with van der Waals surface area (Å²) in [7, 11) is 1.63. The summed E-state index contributed by atoms with van der Waals surface area (Å²) in [6.07, 6.45) is 2.56. The maximum Gasteiger partial charge on any atom is 0.343 e. The number of aromatic nitrogens is 1.